The third kappa shape index (κ3) is 5.90. The maximum Gasteiger partial charge on any atom is 0.214 e. The van der Waals surface area contributed by atoms with Gasteiger partial charge in [0.1, 0.15) is 18.2 Å². The number of aromatic nitrogens is 4. The number of benzene rings is 3. The number of nitrogens with one attached hydrogen (secondary N) is 1. The summed E-state index contributed by atoms with van der Waals surface area (Å²) in [6.07, 6.45) is 0. The van der Waals surface area contributed by atoms with Gasteiger partial charge in [-0.15, -0.1) is 5.10 Å². The van der Waals surface area contributed by atoms with Gasteiger partial charge in [0.15, 0.2) is 0 Å². The van der Waals surface area contributed by atoms with Gasteiger partial charge in [-0.25, -0.2) is 4.39 Å². The maximum absolute atomic E-state index is 13.7. The average molecular weight is 436 g/mol. The van der Waals surface area contributed by atoms with Gasteiger partial charge in [0.2, 0.25) is 5.16 Å². The Kier molecular flexibility index (Phi) is 7.25. The maximum atomic E-state index is 13.7. The quantitative estimate of drug-likeness (QED) is 0.297. The lowest BCUT2D eigenvalue weighted by atomic mass is 10.2. The summed E-state index contributed by atoms with van der Waals surface area (Å²) in [6, 6.07) is 24.3. The molecule has 1 heterocycles. The standard InChI is InChI=1S/C23H22FN5OS/c24-22-12-5-4-8-19(22)17-30-21-11-6-7-18(15-21)16-25-13-14-31-23-26-27-28-29(23)20-9-2-1-3-10-20/h1-12,15,25H,13-14,16-17H2. The van der Waals surface area contributed by atoms with Gasteiger partial charge in [-0.1, -0.05) is 60.3 Å². The van der Waals surface area contributed by atoms with E-state index in [-0.39, 0.29) is 12.4 Å². The molecule has 0 radical (unpaired) electrons. The van der Waals surface area contributed by atoms with Crippen LogP contribution in [0.3, 0.4) is 0 Å². The Morgan fingerprint density at radius 3 is 2.68 bits per heavy atom. The van der Waals surface area contributed by atoms with Crippen molar-refractivity contribution in [1.29, 1.82) is 0 Å². The minimum absolute atomic E-state index is 0.205. The Bertz CT molecular complexity index is 1110. The summed E-state index contributed by atoms with van der Waals surface area (Å²) in [6.45, 7) is 1.71. The highest BCUT2D eigenvalue weighted by Gasteiger charge is 2.08. The zero-order valence-electron chi connectivity index (χ0n) is 16.8. The van der Waals surface area contributed by atoms with Crippen molar-refractivity contribution < 1.29 is 9.13 Å². The number of hydrogen-bond acceptors (Lipinski definition) is 6. The molecule has 0 spiro atoms. The molecule has 1 N–H and O–H groups in total. The number of nitrogens with zero attached hydrogens (tertiary/aromatic N) is 4. The highest BCUT2D eigenvalue weighted by Crippen LogP contribution is 2.18. The number of thioether (sulfide) groups is 1. The molecule has 31 heavy (non-hydrogen) atoms. The van der Waals surface area contributed by atoms with E-state index in [4.69, 9.17) is 4.74 Å². The lowest BCUT2D eigenvalue weighted by Gasteiger charge is -2.10. The Balaban J connectivity index is 1.22. The first-order chi connectivity index (χ1) is 15.3. The Hall–Kier alpha value is -3.23. The van der Waals surface area contributed by atoms with Crippen LogP contribution in [0.4, 0.5) is 4.39 Å². The van der Waals surface area contributed by atoms with Crippen LogP contribution in [0.25, 0.3) is 5.69 Å². The van der Waals surface area contributed by atoms with Crippen molar-refractivity contribution in [2.45, 2.75) is 18.3 Å². The molecule has 0 saturated heterocycles. The molecular weight excluding hydrogens is 413 g/mol. The van der Waals surface area contributed by atoms with Crippen LogP contribution in [0.15, 0.2) is 84.0 Å². The first kappa shape index (κ1) is 21.0. The summed E-state index contributed by atoms with van der Waals surface area (Å²) >= 11 is 1.60. The smallest absolute Gasteiger partial charge is 0.214 e. The van der Waals surface area contributed by atoms with Gasteiger partial charge in [0.05, 0.1) is 5.69 Å². The number of ether oxygens (including phenoxy) is 1. The fourth-order valence-electron chi connectivity index (χ4n) is 2.97. The van der Waals surface area contributed by atoms with E-state index in [9.17, 15) is 4.39 Å². The Morgan fingerprint density at radius 1 is 0.968 bits per heavy atom. The number of hydrogen-bond donors (Lipinski definition) is 1. The van der Waals surface area contributed by atoms with E-state index < -0.39 is 0 Å². The topological polar surface area (TPSA) is 64.9 Å². The fraction of sp³-hybridized carbons (Fsp3) is 0.174. The summed E-state index contributed by atoms with van der Waals surface area (Å²) in [7, 11) is 0. The summed E-state index contributed by atoms with van der Waals surface area (Å²) in [5.74, 6) is 1.30. The zero-order chi connectivity index (χ0) is 21.3. The molecule has 6 nitrogen and oxygen atoms in total. The first-order valence-corrected chi connectivity index (χ1v) is 10.9. The minimum atomic E-state index is -0.254. The number of para-hydroxylation sites is 1. The summed E-state index contributed by atoms with van der Waals surface area (Å²) < 4.78 is 21.2. The fourth-order valence-corrected chi connectivity index (χ4v) is 3.76. The van der Waals surface area contributed by atoms with E-state index in [2.05, 4.69) is 20.8 Å². The summed E-state index contributed by atoms with van der Waals surface area (Å²) in [5, 5.41) is 16.1. The molecule has 0 atom stereocenters. The third-order valence-electron chi connectivity index (χ3n) is 4.53. The third-order valence-corrected chi connectivity index (χ3v) is 5.45. The van der Waals surface area contributed by atoms with Crippen molar-refractivity contribution in [3.05, 3.63) is 95.8 Å². The molecular formula is C23H22FN5OS. The van der Waals surface area contributed by atoms with E-state index >= 15 is 0 Å². The molecule has 0 aliphatic heterocycles. The second kappa shape index (κ2) is 10.7. The first-order valence-electron chi connectivity index (χ1n) is 9.92. The molecule has 0 aliphatic carbocycles. The molecule has 158 valence electrons. The number of rotatable bonds is 10. The van der Waals surface area contributed by atoms with E-state index in [0.717, 1.165) is 34.5 Å². The molecule has 0 saturated carbocycles. The molecule has 0 unspecified atom stereocenters. The van der Waals surface area contributed by atoms with Crippen molar-refractivity contribution in [1.82, 2.24) is 25.5 Å². The molecule has 0 fully saturated rings. The number of tetrazole rings is 1. The van der Waals surface area contributed by atoms with Gasteiger partial charge in [0, 0.05) is 24.4 Å². The molecule has 0 aliphatic rings. The normalized spacial score (nSPS) is 10.9. The molecule has 0 bridgehead atoms. The molecule has 8 heteroatoms. The van der Waals surface area contributed by atoms with Gasteiger partial charge in [-0.3, -0.25) is 0 Å². The van der Waals surface area contributed by atoms with Gasteiger partial charge in [0.25, 0.3) is 0 Å². The van der Waals surface area contributed by atoms with Crippen LogP contribution in [0.2, 0.25) is 0 Å². The Morgan fingerprint density at radius 2 is 1.81 bits per heavy atom. The van der Waals surface area contributed by atoms with Crippen LogP contribution in [0.5, 0.6) is 5.75 Å². The Labute approximate surface area is 184 Å². The van der Waals surface area contributed by atoms with Crippen LogP contribution >= 0.6 is 11.8 Å². The van der Waals surface area contributed by atoms with Gasteiger partial charge >= 0.3 is 0 Å². The van der Waals surface area contributed by atoms with Crippen LogP contribution in [0.1, 0.15) is 11.1 Å². The van der Waals surface area contributed by atoms with Gasteiger partial charge in [-0.05, 0) is 46.3 Å². The van der Waals surface area contributed by atoms with E-state index in [0.29, 0.717) is 12.1 Å². The minimum Gasteiger partial charge on any atom is -0.489 e. The highest BCUT2D eigenvalue weighted by atomic mass is 32.2. The van der Waals surface area contributed by atoms with Crippen molar-refractivity contribution in [2.75, 3.05) is 12.3 Å². The zero-order valence-corrected chi connectivity index (χ0v) is 17.6. The van der Waals surface area contributed by atoms with E-state index in [1.807, 2.05) is 54.6 Å². The van der Waals surface area contributed by atoms with Crippen molar-refractivity contribution in [3.63, 3.8) is 0 Å². The van der Waals surface area contributed by atoms with Crippen LogP contribution < -0.4 is 10.1 Å². The van der Waals surface area contributed by atoms with Gasteiger partial charge in [-0.2, -0.15) is 4.68 Å². The molecule has 4 aromatic rings. The average Bonchev–Trinajstić information content (AvgIpc) is 3.28. The highest BCUT2D eigenvalue weighted by molar-refractivity contribution is 7.99. The summed E-state index contributed by atoms with van der Waals surface area (Å²) in [5.41, 5.74) is 2.58. The second-order valence-corrected chi connectivity index (χ2v) is 7.82. The lowest BCUT2D eigenvalue weighted by molar-refractivity contribution is 0.299. The summed E-state index contributed by atoms with van der Waals surface area (Å²) in [4.78, 5) is 0. The van der Waals surface area contributed by atoms with Gasteiger partial charge < -0.3 is 10.1 Å². The predicted octanol–water partition coefficient (Wildman–Crippen LogP) is 4.26. The largest absolute Gasteiger partial charge is 0.489 e. The monoisotopic (exact) mass is 435 g/mol. The lowest BCUT2D eigenvalue weighted by Crippen LogP contribution is -2.16. The van der Waals surface area contributed by atoms with Crippen LogP contribution in [0, 0.1) is 5.82 Å². The van der Waals surface area contributed by atoms with Crippen molar-refractivity contribution in [3.8, 4) is 11.4 Å². The van der Waals surface area contributed by atoms with Crippen molar-refractivity contribution >= 4 is 11.8 Å². The predicted molar refractivity (Wildman–Crippen MR) is 119 cm³/mol. The van der Waals surface area contributed by atoms with Crippen molar-refractivity contribution in [2.24, 2.45) is 0 Å². The van der Waals surface area contributed by atoms with E-state index in [1.54, 1.807) is 34.6 Å². The second-order valence-electron chi connectivity index (χ2n) is 6.76. The van der Waals surface area contributed by atoms with E-state index in [1.165, 1.54) is 6.07 Å². The van der Waals surface area contributed by atoms with Crippen LogP contribution in [-0.2, 0) is 13.2 Å². The molecule has 3 aromatic carbocycles. The molecule has 4 rings (SSSR count). The molecule has 0 amide bonds. The molecule has 1 aromatic heterocycles. The number of halogens is 1. The van der Waals surface area contributed by atoms with Crippen LogP contribution in [-0.4, -0.2) is 32.5 Å². The SMILES string of the molecule is Fc1ccccc1COc1cccc(CNCCSc2nnnn2-c2ccccc2)c1.